The van der Waals surface area contributed by atoms with Crippen LogP contribution < -0.4 is 10.1 Å². The second kappa shape index (κ2) is 6.03. The normalized spacial score (nSPS) is 13.5. The highest BCUT2D eigenvalue weighted by Crippen LogP contribution is 2.13. The Balaban J connectivity index is 2.40. The monoisotopic (exact) mass is 237 g/mol. The fourth-order valence-corrected chi connectivity index (χ4v) is 1.51. The minimum Gasteiger partial charge on any atom is -0.497 e. The number of hydrogen-bond donors (Lipinski definition) is 2. The van der Waals surface area contributed by atoms with Gasteiger partial charge in [-0.15, -0.1) is 0 Å². The molecule has 1 unspecified atom stereocenters. The van der Waals surface area contributed by atoms with Gasteiger partial charge in [-0.1, -0.05) is 12.1 Å². The lowest BCUT2D eigenvalue weighted by Crippen LogP contribution is -2.45. The van der Waals surface area contributed by atoms with E-state index in [2.05, 4.69) is 11.4 Å². The molecule has 0 aliphatic carbocycles. The summed E-state index contributed by atoms with van der Waals surface area (Å²) in [4.78, 5) is 0. The van der Waals surface area contributed by atoms with Crippen molar-refractivity contribution in [3.05, 3.63) is 29.8 Å². The Bertz CT molecular complexity index is 344. The van der Waals surface area contributed by atoms with E-state index < -0.39 is 5.60 Å². The van der Waals surface area contributed by atoms with Crippen molar-refractivity contribution in [1.29, 1.82) is 0 Å². The van der Waals surface area contributed by atoms with Gasteiger partial charge < -0.3 is 15.2 Å². The highest BCUT2D eigenvalue weighted by Gasteiger charge is 2.20. The molecule has 0 spiro atoms. The minimum atomic E-state index is -0.686. The molecule has 0 aliphatic heterocycles. The summed E-state index contributed by atoms with van der Waals surface area (Å²) in [5.41, 5.74) is 0.550. The molecule has 0 amide bonds. The summed E-state index contributed by atoms with van der Waals surface area (Å²) in [5.74, 6) is 0.887. The van der Waals surface area contributed by atoms with E-state index in [1.165, 1.54) is 5.56 Å². The van der Waals surface area contributed by atoms with Crippen LogP contribution in [0.2, 0.25) is 0 Å². The predicted octanol–water partition coefficient (Wildman–Crippen LogP) is 1.99. The quantitative estimate of drug-likeness (QED) is 0.795. The van der Waals surface area contributed by atoms with Gasteiger partial charge in [0.25, 0.3) is 0 Å². The molecule has 96 valence electrons. The van der Waals surface area contributed by atoms with Gasteiger partial charge in [0, 0.05) is 6.04 Å². The SMILES string of the molecule is COc1cccc(CCNC(C)C(C)(C)O)c1. The topological polar surface area (TPSA) is 41.5 Å². The maximum absolute atomic E-state index is 9.78. The maximum atomic E-state index is 9.78. The molecule has 0 bridgehead atoms. The van der Waals surface area contributed by atoms with E-state index in [1.54, 1.807) is 7.11 Å². The summed E-state index contributed by atoms with van der Waals surface area (Å²) in [5, 5.41) is 13.1. The van der Waals surface area contributed by atoms with E-state index in [9.17, 15) is 5.11 Å². The van der Waals surface area contributed by atoms with Gasteiger partial charge in [0.2, 0.25) is 0 Å². The fourth-order valence-electron chi connectivity index (χ4n) is 1.51. The van der Waals surface area contributed by atoms with E-state index >= 15 is 0 Å². The number of hydrogen-bond acceptors (Lipinski definition) is 3. The molecule has 3 heteroatoms. The van der Waals surface area contributed by atoms with Crippen molar-refractivity contribution in [2.24, 2.45) is 0 Å². The average Bonchev–Trinajstić information content (AvgIpc) is 2.28. The van der Waals surface area contributed by atoms with E-state index in [1.807, 2.05) is 39.0 Å². The van der Waals surface area contributed by atoms with E-state index in [-0.39, 0.29) is 6.04 Å². The van der Waals surface area contributed by atoms with Crippen LogP contribution >= 0.6 is 0 Å². The molecule has 1 aromatic rings. The molecule has 1 atom stereocenters. The van der Waals surface area contributed by atoms with Crippen molar-refractivity contribution in [3.8, 4) is 5.75 Å². The largest absolute Gasteiger partial charge is 0.497 e. The molecule has 3 nitrogen and oxygen atoms in total. The molecule has 0 heterocycles. The first-order chi connectivity index (χ1) is 7.93. The third-order valence-corrected chi connectivity index (χ3v) is 3.06. The Morgan fingerprint density at radius 1 is 1.41 bits per heavy atom. The van der Waals surface area contributed by atoms with Crippen LogP contribution in [-0.4, -0.2) is 30.4 Å². The van der Waals surface area contributed by atoms with Crippen molar-refractivity contribution in [2.75, 3.05) is 13.7 Å². The van der Waals surface area contributed by atoms with Gasteiger partial charge in [0.15, 0.2) is 0 Å². The first kappa shape index (κ1) is 14.0. The van der Waals surface area contributed by atoms with Gasteiger partial charge in [-0.25, -0.2) is 0 Å². The number of ether oxygens (including phenoxy) is 1. The third kappa shape index (κ3) is 4.75. The summed E-state index contributed by atoms with van der Waals surface area (Å²) in [6.45, 7) is 6.47. The number of benzene rings is 1. The second-order valence-corrected chi connectivity index (χ2v) is 4.93. The maximum Gasteiger partial charge on any atom is 0.119 e. The van der Waals surface area contributed by atoms with Crippen molar-refractivity contribution < 1.29 is 9.84 Å². The minimum absolute atomic E-state index is 0.0770. The molecular formula is C14H23NO2. The Morgan fingerprint density at radius 3 is 2.71 bits per heavy atom. The zero-order valence-corrected chi connectivity index (χ0v) is 11.2. The third-order valence-electron chi connectivity index (χ3n) is 3.06. The zero-order valence-electron chi connectivity index (χ0n) is 11.2. The lowest BCUT2D eigenvalue weighted by molar-refractivity contribution is 0.0446. The highest BCUT2D eigenvalue weighted by molar-refractivity contribution is 5.28. The van der Waals surface area contributed by atoms with Crippen molar-refractivity contribution in [2.45, 2.75) is 38.8 Å². The molecule has 0 aromatic heterocycles. The van der Waals surface area contributed by atoms with Gasteiger partial charge in [0.05, 0.1) is 12.7 Å². The molecule has 2 N–H and O–H groups in total. The Hall–Kier alpha value is -1.06. The van der Waals surface area contributed by atoms with Gasteiger partial charge in [0.1, 0.15) is 5.75 Å². The summed E-state index contributed by atoms with van der Waals surface area (Å²) < 4.78 is 5.18. The van der Waals surface area contributed by atoms with Crippen LogP contribution in [0.4, 0.5) is 0 Å². The zero-order chi connectivity index (χ0) is 12.9. The van der Waals surface area contributed by atoms with Crippen LogP contribution in [0.1, 0.15) is 26.3 Å². The van der Waals surface area contributed by atoms with Crippen LogP contribution in [0.15, 0.2) is 24.3 Å². The Morgan fingerprint density at radius 2 is 2.12 bits per heavy atom. The molecule has 17 heavy (non-hydrogen) atoms. The first-order valence-electron chi connectivity index (χ1n) is 6.02. The van der Waals surface area contributed by atoms with Crippen molar-refractivity contribution in [3.63, 3.8) is 0 Å². The number of methoxy groups -OCH3 is 1. The number of rotatable bonds is 6. The van der Waals surface area contributed by atoms with Crippen LogP contribution in [0, 0.1) is 0 Å². The molecule has 0 fully saturated rings. The van der Waals surface area contributed by atoms with E-state index in [0.717, 1.165) is 18.7 Å². The van der Waals surface area contributed by atoms with Crippen LogP contribution in [-0.2, 0) is 6.42 Å². The highest BCUT2D eigenvalue weighted by atomic mass is 16.5. The number of aliphatic hydroxyl groups is 1. The molecule has 0 saturated carbocycles. The van der Waals surface area contributed by atoms with Crippen LogP contribution in [0.25, 0.3) is 0 Å². The molecule has 1 aromatic carbocycles. The number of nitrogens with one attached hydrogen (secondary N) is 1. The van der Waals surface area contributed by atoms with Gasteiger partial charge >= 0.3 is 0 Å². The van der Waals surface area contributed by atoms with Crippen molar-refractivity contribution in [1.82, 2.24) is 5.32 Å². The van der Waals surface area contributed by atoms with Crippen LogP contribution in [0.3, 0.4) is 0 Å². The molecular weight excluding hydrogens is 214 g/mol. The molecule has 0 radical (unpaired) electrons. The fraction of sp³-hybridized carbons (Fsp3) is 0.571. The predicted molar refractivity (Wildman–Crippen MR) is 70.5 cm³/mol. The molecule has 0 aliphatic rings. The lowest BCUT2D eigenvalue weighted by atomic mass is 10.0. The second-order valence-electron chi connectivity index (χ2n) is 4.93. The van der Waals surface area contributed by atoms with Crippen LogP contribution in [0.5, 0.6) is 5.75 Å². The Kier molecular flexibility index (Phi) is 4.97. The first-order valence-corrected chi connectivity index (χ1v) is 6.02. The van der Waals surface area contributed by atoms with Gasteiger partial charge in [-0.05, 0) is 51.4 Å². The van der Waals surface area contributed by atoms with Crippen molar-refractivity contribution >= 4 is 0 Å². The van der Waals surface area contributed by atoms with Gasteiger partial charge in [-0.2, -0.15) is 0 Å². The summed E-state index contributed by atoms with van der Waals surface area (Å²) in [6, 6.07) is 8.13. The van der Waals surface area contributed by atoms with Gasteiger partial charge in [-0.3, -0.25) is 0 Å². The van der Waals surface area contributed by atoms with E-state index in [4.69, 9.17) is 4.74 Å². The smallest absolute Gasteiger partial charge is 0.119 e. The van der Waals surface area contributed by atoms with E-state index in [0.29, 0.717) is 0 Å². The summed E-state index contributed by atoms with van der Waals surface area (Å²) in [7, 11) is 1.67. The molecule has 0 saturated heterocycles. The average molecular weight is 237 g/mol. The summed E-state index contributed by atoms with van der Waals surface area (Å²) in [6.07, 6.45) is 0.928. The summed E-state index contributed by atoms with van der Waals surface area (Å²) >= 11 is 0. The standard InChI is InChI=1S/C14H23NO2/c1-11(14(2,3)16)15-9-8-12-6-5-7-13(10-12)17-4/h5-7,10-11,15-16H,8-9H2,1-4H3. The lowest BCUT2D eigenvalue weighted by Gasteiger charge is -2.26. The Labute approximate surface area is 104 Å². The molecule has 1 rings (SSSR count).